The quantitative estimate of drug-likeness (QED) is 0.313. The van der Waals surface area contributed by atoms with Gasteiger partial charge in [0, 0.05) is 43.8 Å². The van der Waals surface area contributed by atoms with Crippen molar-refractivity contribution in [1.29, 1.82) is 0 Å². The van der Waals surface area contributed by atoms with Gasteiger partial charge in [-0.25, -0.2) is 13.6 Å². The fourth-order valence-corrected chi connectivity index (χ4v) is 7.40. The van der Waals surface area contributed by atoms with Gasteiger partial charge in [-0.05, 0) is 73.7 Å². The van der Waals surface area contributed by atoms with Crippen molar-refractivity contribution < 1.29 is 27.8 Å². The lowest BCUT2D eigenvalue weighted by Gasteiger charge is -2.31. The molecule has 2 aromatic carbocycles. The first kappa shape index (κ1) is 28.9. The molecule has 1 N–H and O–H groups in total. The van der Waals surface area contributed by atoms with Crippen LogP contribution in [0, 0.1) is 12.7 Å². The first-order chi connectivity index (χ1) is 21.3. The predicted octanol–water partition coefficient (Wildman–Crippen LogP) is 5.30. The second kappa shape index (κ2) is 11.3. The smallest absolute Gasteiger partial charge is 0.349 e. The number of alkyl halides is 1. The molecule has 3 fully saturated rings. The molecule has 232 valence electrons. The van der Waals surface area contributed by atoms with Crippen molar-refractivity contribution in [3.63, 3.8) is 0 Å². The Morgan fingerprint density at radius 2 is 2.00 bits per heavy atom. The number of halogens is 2. The highest BCUT2D eigenvalue weighted by atomic mass is 19.1. The van der Waals surface area contributed by atoms with Crippen LogP contribution in [0.2, 0.25) is 0 Å². The molecule has 11 heteroatoms. The van der Waals surface area contributed by atoms with Crippen molar-refractivity contribution in [1.82, 2.24) is 14.9 Å². The van der Waals surface area contributed by atoms with Gasteiger partial charge in [0.25, 0.3) is 0 Å². The Hall–Kier alpha value is -3.83. The number of benzene rings is 2. The zero-order chi connectivity index (χ0) is 30.6. The van der Waals surface area contributed by atoms with E-state index in [1.807, 2.05) is 11.8 Å². The Morgan fingerprint density at radius 1 is 1.14 bits per heavy atom. The lowest BCUT2D eigenvalue weighted by atomic mass is 9.93. The van der Waals surface area contributed by atoms with Crippen molar-refractivity contribution in [2.45, 2.75) is 57.7 Å². The van der Waals surface area contributed by atoms with E-state index in [0.717, 1.165) is 25.8 Å². The molecule has 3 saturated heterocycles. The van der Waals surface area contributed by atoms with Gasteiger partial charge in [-0.3, -0.25) is 4.90 Å². The molecule has 0 spiro atoms. The number of ether oxygens (including phenoxy) is 2. The van der Waals surface area contributed by atoms with Crippen molar-refractivity contribution >= 4 is 27.5 Å². The maximum absolute atomic E-state index is 15.0. The number of phenols is 1. The lowest BCUT2D eigenvalue weighted by molar-refractivity contribution is 0.107. The second-order valence-corrected chi connectivity index (χ2v) is 12.2. The number of anilines is 1. The van der Waals surface area contributed by atoms with Crippen molar-refractivity contribution in [2.75, 3.05) is 50.9 Å². The molecule has 3 aliphatic heterocycles. The van der Waals surface area contributed by atoms with E-state index in [4.69, 9.17) is 23.9 Å². The summed E-state index contributed by atoms with van der Waals surface area (Å²) in [6.07, 6.45) is 2.48. The molecule has 0 bridgehead atoms. The van der Waals surface area contributed by atoms with Gasteiger partial charge in [0.2, 0.25) is 0 Å². The number of hydrogen-bond acceptors (Lipinski definition) is 9. The van der Waals surface area contributed by atoms with Crippen LogP contribution in [0.3, 0.4) is 0 Å². The molecule has 0 unspecified atom stereocenters. The van der Waals surface area contributed by atoms with Gasteiger partial charge in [0.05, 0.1) is 17.7 Å². The van der Waals surface area contributed by atoms with E-state index in [9.17, 15) is 18.7 Å². The Kier molecular flexibility index (Phi) is 7.40. The zero-order valence-corrected chi connectivity index (χ0v) is 25.0. The van der Waals surface area contributed by atoms with E-state index >= 15 is 0 Å². The van der Waals surface area contributed by atoms with Crippen LogP contribution >= 0.6 is 0 Å². The highest BCUT2D eigenvalue weighted by Gasteiger charge is 2.49. The average Bonchev–Trinajstić information content (AvgIpc) is 3.38. The van der Waals surface area contributed by atoms with E-state index in [1.54, 1.807) is 19.1 Å². The minimum atomic E-state index is -0.895. The largest absolute Gasteiger partial charge is 0.508 e. The summed E-state index contributed by atoms with van der Waals surface area (Å²) >= 11 is 0. The fraction of sp³-hybridized carbons (Fsp3) is 0.485. The molecule has 0 saturated carbocycles. The summed E-state index contributed by atoms with van der Waals surface area (Å²) in [6, 6.07) is 6.14. The first-order valence-corrected chi connectivity index (χ1v) is 15.4. The summed E-state index contributed by atoms with van der Waals surface area (Å²) in [5.74, 6) is 0.174. The summed E-state index contributed by atoms with van der Waals surface area (Å²) in [4.78, 5) is 27.5. The standard InChI is InChI=1S/C33H36F2N4O5/c1-3-23-25(35)7-6-20-14-22(40)15-24(26(20)23)29-19(2)28-27(31(41)44-29)30(38-9-5-12-42-13-11-38)37-32(36-28)43-18-33-8-4-10-39(33)17-21(34)16-33/h6-7,14-15,21,40H,3-5,8-13,16-18H2,1-2H3/t21-,33+/m1/s1. The van der Waals surface area contributed by atoms with Crippen LogP contribution in [0.15, 0.2) is 33.5 Å². The zero-order valence-electron chi connectivity index (χ0n) is 25.0. The molecular weight excluding hydrogens is 570 g/mol. The maximum atomic E-state index is 15.0. The highest BCUT2D eigenvalue weighted by molar-refractivity contribution is 6.02. The van der Waals surface area contributed by atoms with Crippen LogP contribution in [-0.2, 0) is 11.2 Å². The number of fused-ring (bicyclic) bond motifs is 3. The van der Waals surface area contributed by atoms with E-state index in [1.165, 1.54) is 12.1 Å². The molecule has 4 aromatic rings. The summed E-state index contributed by atoms with van der Waals surface area (Å²) < 4.78 is 47.4. The third-order valence-corrected chi connectivity index (χ3v) is 9.47. The van der Waals surface area contributed by atoms with Gasteiger partial charge in [0.15, 0.2) is 5.82 Å². The number of phenolic OH excluding ortho intramolecular Hbond substituents is 1. The number of hydrogen-bond donors (Lipinski definition) is 1. The number of aromatic hydroxyl groups is 1. The van der Waals surface area contributed by atoms with Gasteiger partial charge in [0.1, 0.15) is 35.5 Å². The molecule has 2 atom stereocenters. The highest BCUT2D eigenvalue weighted by Crippen LogP contribution is 2.42. The fourth-order valence-electron chi connectivity index (χ4n) is 7.40. The van der Waals surface area contributed by atoms with Crippen LogP contribution in [0.1, 0.15) is 43.7 Å². The predicted molar refractivity (Wildman–Crippen MR) is 163 cm³/mol. The number of aryl methyl sites for hydroxylation is 2. The van der Waals surface area contributed by atoms with Gasteiger partial charge in [-0.2, -0.15) is 9.97 Å². The van der Waals surface area contributed by atoms with Crippen molar-refractivity contribution in [3.8, 4) is 23.1 Å². The lowest BCUT2D eigenvalue weighted by Crippen LogP contribution is -2.43. The molecule has 0 aliphatic carbocycles. The van der Waals surface area contributed by atoms with E-state index in [0.29, 0.717) is 84.5 Å². The monoisotopic (exact) mass is 606 g/mol. The van der Waals surface area contributed by atoms with Crippen molar-refractivity contribution in [2.24, 2.45) is 0 Å². The Morgan fingerprint density at radius 3 is 2.84 bits per heavy atom. The van der Waals surface area contributed by atoms with Crippen LogP contribution in [0.25, 0.3) is 33.0 Å². The maximum Gasteiger partial charge on any atom is 0.349 e. The van der Waals surface area contributed by atoms with E-state index in [2.05, 4.69) is 4.90 Å². The summed E-state index contributed by atoms with van der Waals surface area (Å²) in [6.45, 7) is 7.33. The van der Waals surface area contributed by atoms with Crippen LogP contribution in [-0.4, -0.2) is 77.7 Å². The molecular formula is C33H36F2N4O5. The van der Waals surface area contributed by atoms with Gasteiger partial charge < -0.3 is 23.9 Å². The molecule has 9 nitrogen and oxygen atoms in total. The minimum Gasteiger partial charge on any atom is -0.508 e. The normalized spacial score (nSPS) is 22.5. The number of nitrogens with zero attached hydrogens (tertiary/aromatic N) is 4. The Labute approximate surface area is 253 Å². The van der Waals surface area contributed by atoms with Crippen LogP contribution in [0.4, 0.5) is 14.6 Å². The Balaban J connectivity index is 1.41. The summed E-state index contributed by atoms with van der Waals surface area (Å²) in [5.41, 5.74) is 0.699. The topological polar surface area (TPSA) is 101 Å². The van der Waals surface area contributed by atoms with Crippen molar-refractivity contribution in [3.05, 3.63) is 51.6 Å². The van der Waals surface area contributed by atoms with E-state index < -0.39 is 17.3 Å². The van der Waals surface area contributed by atoms with Crippen LogP contribution in [0.5, 0.6) is 11.8 Å². The van der Waals surface area contributed by atoms with Gasteiger partial charge in [-0.15, -0.1) is 0 Å². The molecule has 2 aromatic heterocycles. The molecule has 0 radical (unpaired) electrons. The summed E-state index contributed by atoms with van der Waals surface area (Å²) in [5, 5.41) is 12.0. The average molecular weight is 607 g/mol. The molecule has 0 amide bonds. The molecule has 5 heterocycles. The first-order valence-electron chi connectivity index (χ1n) is 15.4. The molecule has 3 aliphatic rings. The Bertz CT molecular complexity index is 1810. The second-order valence-electron chi connectivity index (χ2n) is 12.2. The third-order valence-electron chi connectivity index (χ3n) is 9.47. The van der Waals surface area contributed by atoms with Crippen LogP contribution < -0.4 is 15.3 Å². The molecule has 44 heavy (non-hydrogen) atoms. The molecule has 7 rings (SSSR count). The number of rotatable bonds is 6. The SMILES string of the molecule is CCc1c(F)ccc2cc(O)cc(-c3oc(=O)c4c(N5CCCOCC5)nc(OC[C@@]56CCCN5C[C@H](F)C6)nc4c3C)c12. The third kappa shape index (κ3) is 4.86. The van der Waals surface area contributed by atoms with Gasteiger partial charge >= 0.3 is 11.6 Å². The van der Waals surface area contributed by atoms with Gasteiger partial charge in [-0.1, -0.05) is 13.0 Å². The number of aromatic nitrogens is 2. The summed E-state index contributed by atoms with van der Waals surface area (Å²) in [7, 11) is 0. The van der Waals surface area contributed by atoms with E-state index in [-0.39, 0.29) is 35.3 Å². The minimum absolute atomic E-state index is 0.0385.